The van der Waals surface area contributed by atoms with Crippen LogP contribution in [-0.2, 0) is 16.0 Å². The fourth-order valence-corrected chi connectivity index (χ4v) is 4.95. The summed E-state index contributed by atoms with van der Waals surface area (Å²) in [6.07, 6.45) is 3.55. The Morgan fingerprint density at radius 1 is 1.05 bits per heavy atom. The van der Waals surface area contributed by atoms with Crippen LogP contribution in [0.4, 0.5) is 5.69 Å². The molecular weight excluding hydrogens is 468 g/mol. The van der Waals surface area contributed by atoms with E-state index in [2.05, 4.69) is 11.4 Å². The van der Waals surface area contributed by atoms with E-state index in [1.807, 2.05) is 41.8 Å². The number of aryl methyl sites for hydroxylation is 1. The lowest BCUT2D eigenvalue weighted by Crippen LogP contribution is -2.50. The number of fused-ring (bicyclic) bond motifs is 1. The van der Waals surface area contributed by atoms with E-state index in [-0.39, 0.29) is 29.7 Å². The molecule has 0 radical (unpaired) electrons. The highest BCUT2D eigenvalue weighted by Gasteiger charge is 2.33. The average molecular weight is 507 g/mol. The van der Waals surface area contributed by atoms with Gasteiger partial charge in [0.2, 0.25) is 11.8 Å². The Bertz CT molecular complexity index is 1090. The van der Waals surface area contributed by atoms with Crippen molar-refractivity contribution in [1.29, 1.82) is 0 Å². The molecule has 0 spiro atoms. The number of amides is 3. The van der Waals surface area contributed by atoms with Gasteiger partial charge in [0.15, 0.2) is 0 Å². The maximum absolute atomic E-state index is 13.1. The SMILES string of the molecule is CC(C)[C@@H](N)C(=O)NCCCOc1ccc(C(=O)N2CCC(N3C(=O)CCc4ccccc43)CC2)cc1. The first-order valence-electron chi connectivity index (χ1n) is 13.3. The molecule has 2 aliphatic heterocycles. The third-order valence-corrected chi connectivity index (χ3v) is 7.26. The van der Waals surface area contributed by atoms with Crippen LogP contribution in [0.1, 0.15) is 55.5 Å². The number of carbonyl (C=O) groups excluding carboxylic acids is 3. The summed E-state index contributed by atoms with van der Waals surface area (Å²) in [7, 11) is 0. The van der Waals surface area contributed by atoms with Crippen molar-refractivity contribution < 1.29 is 19.1 Å². The first-order chi connectivity index (χ1) is 17.8. The van der Waals surface area contributed by atoms with Crippen LogP contribution in [0.2, 0.25) is 0 Å². The molecule has 0 aliphatic carbocycles. The average Bonchev–Trinajstić information content (AvgIpc) is 2.92. The van der Waals surface area contributed by atoms with Crippen LogP contribution in [0.25, 0.3) is 0 Å². The van der Waals surface area contributed by atoms with E-state index in [4.69, 9.17) is 10.5 Å². The van der Waals surface area contributed by atoms with Gasteiger partial charge in [-0.2, -0.15) is 0 Å². The molecule has 3 amide bonds. The number of likely N-dealkylation sites (tertiary alicyclic amines) is 1. The van der Waals surface area contributed by atoms with Gasteiger partial charge in [0, 0.05) is 43.3 Å². The van der Waals surface area contributed by atoms with Crippen molar-refractivity contribution in [3.8, 4) is 5.75 Å². The number of nitrogens with one attached hydrogen (secondary N) is 1. The Labute approximate surface area is 219 Å². The number of piperidine rings is 1. The second kappa shape index (κ2) is 12.2. The third kappa shape index (κ3) is 6.49. The summed E-state index contributed by atoms with van der Waals surface area (Å²) in [5, 5.41) is 2.83. The fourth-order valence-electron chi connectivity index (χ4n) is 4.95. The van der Waals surface area contributed by atoms with Crippen LogP contribution in [0.3, 0.4) is 0 Å². The minimum Gasteiger partial charge on any atom is -0.494 e. The second-order valence-corrected chi connectivity index (χ2v) is 10.2. The van der Waals surface area contributed by atoms with Crippen molar-refractivity contribution in [3.05, 3.63) is 59.7 Å². The molecule has 1 atom stereocenters. The van der Waals surface area contributed by atoms with Crippen molar-refractivity contribution in [2.24, 2.45) is 11.7 Å². The Hall–Kier alpha value is -3.39. The van der Waals surface area contributed by atoms with Crippen LogP contribution in [-0.4, -0.2) is 60.9 Å². The Kier molecular flexibility index (Phi) is 8.82. The van der Waals surface area contributed by atoms with Crippen LogP contribution in [0.5, 0.6) is 5.75 Å². The van der Waals surface area contributed by atoms with Crippen LogP contribution >= 0.6 is 0 Å². The van der Waals surface area contributed by atoms with Crippen molar-refractivity contribution in [1.82, 2.24) is 10.2 Å². The quantitative estimate of drug-likeness (QED) is 0.509. The van der Waals surface area contributed by atoms with Gasteiger partial charge in [-0.05, 0) is 67.5 Å². The minimum absolute atomic E-state index is 0.000394. The molecule has 1 saturated heterocycles. The molecule has 0 bridgehead atoms. The topological polar surface area (TPSA) is 105 Å². The van der Waals surface area contributed by atoms with Crippen molar-refractivity contribution in [2.75, 3.05) is 31.1 Å². The van der Waals surface area contributed by atoms with Crippen molar-refractivity contribution in [2.45, 2.75) is 58.0 Å². The standard InChI is InChI=1S/C29H38N4O4/c1-20(2)27(30)28(35)31-16-5-19-37-24-11-8-22(9-12-24)29(36)32-17-14-23(15-18-32)33-25-7-4-3-6-21(25)10-13-26(33)34/h3-4,6-9,11-12,20,23,27H,5,10,13-19,30H2,1-2H3,(H,31,35)/t27-/m1/s1. The molecule has 0 unspecified atom stereocenters. The zero-order chi connectivity index (χ0) is 26.4. The van der Waals surface area contributed by atoms with E-state index in [1.165, 1.54) is 5.56 Å². The Morgan fingerprint density at radius 3 is 2.46 bits per heavy atom. The van der Waals surface area contributed by atoms with Gasteiger partial charge in [-0.15, -0.1) is 0 Å². The predicted molar refractivity (Wildman–Crippen MR) is 144 cm³/mol. The number of anilines is 1. The van der Waals surface area contributed by atoms with E-state index in [9.17, 15) is 14.4 Å². The van der Waals surface area contributed by atoms with Crippen LogP contribution < -0.4 is 20.7 Å². The maximum Gasteiger partial charge on any atom is 0.253 e. The molecule has 0 saturated carbocycles. The van der Waals surface area contributed by atoms with Gasteiger partial charge in [-0.1, -0.05) is 32.0 Å². The van der Waals surface area contributed by atoms with Crippen molar-refractivity contribution in [3.63, 3.8) is 0 Å². The van der Waals surface area contributed by atoms with Gasteiger partial charge in [-0.25, -0.2) is 0 Å². The van der Waals surface area contributed by atoms with E-state index < -0.39 is 6.04 Å². The molecule has 198 valence electrons. The van der Waals surface area contributed by atoms with E-state index >= 15 is 0 Å². The van der Waals surface area contributed by atoms with Gasteiger partial charge < -0.3 is 25.6 Å². The van der Waals surface area contributed by atoms with Gasteiger partial charge in [-0.3, -0.25) is 14.4 Å². The van der Waals surface area contributed by atoms with Gasteiger partial charge in [0.1, 0.15) is 5.75 Å². The molecule has 4 rings (SSSR count). The number of hydrogen-bond donors (Lipinski definition) is 2. The van der Waals surface area contributed by atoms with E-state index in [1.54, 1.807) is 24.3 Å². The lowest BCUT2D eigenvalue weighted by Gasteiger charge is -2.41. The van der Waals surface area contributed by atoms with Gasteiger partial charge in [0.05, 0.1) is 12.6 Å². The van der Waals surface area contributed by atoms with Gasteiger partial charge >= 0.3 is 0 Å². The number of ether oxygens (including phenoxy) is 1. The van der Waals surface area contributed by atoms with E-state index in [0.717, 1.165) is 24.9 Å². The molecule has 3 N–H and O–H groups in total. The second-order valence-electron chi connectivity index (χ2n) is 10.2. The maximum atomic E-state index is 13.1. The molecule has 1 fully saturated rings. The summed E-state index contributed by atoms with van der Waals surface area (Å²) < 4.78 is 5.75. The monoisotopic (exact) mass is 506 g/mol. The highest BCUT2D eigenvalue weighted by Crippen LogP contribution is 2.32. The summed E-state index contributed by atoms with van der Waals surface area (Å²) in [5.74, 6) is 0.817. The minimum atomic E-state index is -0.499. The Morgan fingerprint density at radius 2 is 1.76 bits per heavy atom. The summed E-state index contributed by atoms with van der Waals surface area (Å²) in [4.78, 5) is 41.5. The lowest BCUT2D eigenvalue weighted by atomic mass is 9.95. The summed E-state index contributed by atoms with van der Waals surface area (Å²) in [6.45, 7) is 6.04. The summed E-state index contributed by atoms with van der Waals surface area (Å²) >= 11 is 0. The number of rotatable bonds is 9. The molecule has 8 nitrogen and oxygen atoms in total. The summed E-state index contributed by atoms with van der Waals surface area (Å²) in [5.41, 5.74) is 8.71. The molecule has 2 aromatic rings. The molecule has 2 heterocycles. The molecular formula is C29H38N4O4. The lowest BCUT2D eigenvalue weighted by molar-refractivity contribution is -0.123. The molecule has 8 heteroatoms. The van der Waals surface area contributed by atoms with Gasteiger partial charge in [0.25, 0.3) is 5.91 Å². The predicted octanol–water partition coefficient (Wildman–Crippen LogP) is 3.14. The van der Waals surface area contributed by atoms with Crippen LogP contribution in [0, 0.1) is 5.92 Å². The number of nitrogens with zero attached hydrogens (tertiary/aromatic N) is 2. The zero-order valence-corrected chi connectivity index (χ0v) is 21.8. The number of para-hydroxylation sites is 1. The first-order valence-corrected chi connectivity index (χ1v) is 13.3. The Balaban J connectivity index is 1.22. The fraction of sp³-hybridized carbons (Fsp3) is 0.483. The highest BCUT2D eigenvalue weighted by atomic mass is 16.5. The normalized spacial score (nSPS) is 16.9. The van der Waals surface area contributed by atoms with Crippen molar-refractivity contribution >= 4 is 23.4 Å². The molecule has 0 aromatic heterocycles. The van der Waals surface area contributed by atoms with Crippen LogP contribution in [0.15, 0.2) is 48.5 Å². The largest absolute Gasteiger partial charge is 0.494 e. The first kappa shape index (κ1) is 26.7. The number of hydrogen-bond acceptors (Lipinski definition) is 5. The molecule has 2 aromatic carbocycles. The molecule has 2 aliphatic rings. The highest BCUT2D eigenvalue weighted by molar-refractivity contribution is 5.97. The zero-order valence-electron chi connectivity index (χ0n) is 21.8. The molecule has 37 heavy (non-hydrogen) atoms. The summed E-state index contributed by atoms with van der Waals surface area (Å²) in [6, 6.07) is 14.9. The number of benzene rings is 2. The third-order valence-electron chi connectivity index (χ3n) is 7.26. The number of nitrogens with two attached hydrogens (primary N) is 1. The van der Waals surface area contributed by atoms with E-state index in [0.29, 0.717) is 50.4 Å². The smallest absolute Gasteiger partial charge is 0.253 e. The number of carbonyl (C=O) groups is 3.